The maximum atomic E-state index is 11.2. The summed E-state index contributed by atoms with van der Waals surface area (Å²) in [5.74, 6) is 0.491. The lowest BCUT2D eigenvalue weighted by Gasteiger charge is -2.37. The molecule has 0 radical (unpaired) electrons. The number of nitrogens with zero attached hydrogens (tertiary/aromatic N) is 2. The van der Waals surface area contributed by atoms with Gasteiger partial charge < -0.3 is 9.64 Å². The quantitative estimate of drug-likeness (QED) is 0.622. The molecule has 1 aromatic carbocycles. The summed E-state index contributed by atoms with van der Waals surface area (Å²) in [6.07, 6.45) is 1.12. The molecular formula is C14H20N2O3. The molecule has 1 fully saturated rings. The Bertz CT molecular complexity index is 476. The van der Waals surface area contributed by atoms with E-state index >= 15 is 0 Å². The Hall–Kier alpha value is -1.62. The van der Waals surface area contributed by atoms with E-state index in [0.717, 1.165) is 18.5 Å². The molecule has 0 amide bonds. The summed E-state index contributed by atoms with van der Waals surface area (Å²) in [4.78, 5) is 12.9. The molecule has 1 aliphatic rings. The van der Waals surface area contributed by atoms with Crippen molar-refractivity contribution in [3.05, 3.63) is 33.9 Å². The van der Waals surface area contributed by atoms with Crippen LogP contribution in [0.1, 0.15) is 18.9 Å². The molecule has 0 saturated carbocycles. The van der Waals surface area contributed by atoms with Crippen LogP contribution in [0.25, 0.3) is 0 Å². The van der Waals surface area contributed by atoms with Crippen LogP contribution in [0.2, 0.25) is 0 Å². The van der Waals surface area contributed by atoms with Gasteiger partial charge in [-0.3, -0.25) is 10.1 Å². The molecule has 1 aliphatic heterocycles. The summed E-state index contributed by atoms with van der Waals surface area (Å²) in [6, 6.07) is 5.40. The van der Waals surface area contributed by atoms with E-state index in [1.165, 1.54) is 0 Å². The maximum Gasteiger partial charge on any atom is 0.292 e. The van der Waals surface area contributed by atoms with E-state index < -0.39 is 0 Å². The van der Waals surface area contributed by atoms with Crippen molar-refractivity contribution in [2.24, 2.45) is 5.92 Å². The molecule has 0 aliphatic carbocycles. The van der Waals surface area contributed by atoms with Crippen LogP contribution < -0.4 is 4.90 Å². The van der Waals surface area contributed by atoms with E-state index in [4.69, 9.17) is 4.74 Å². The Balaban J connectivity index is 2.29. The van der Waals surface area contributed by atoms with Gasteiger partial charge in [-0.1, -0.05) is 13.0 Å². The standard InChI is InChI=1S/C14H20N2O3/c1-10-4-5-12(13(8-10)16(17)18)15-7-6-11(2)14(9-15)19-3/h4-5,8,11,14H,6-7,9H2,1-3H3. The molecule has 2 rings (SSSR count). The second kappa shape index (κ2) is 5.57. The van der Waals surface area contributed by atoms with Gasteiger partial charge in [-0.2, -0.15) is 0 Å². The zero-order valence-electron chi connectivity index (χ0n) is 11.6. The van der Waals surface area contributed by atoms with Crippen LogP contribution in [0.3, 0.4) is 0 Å². The number of rotatable bonds is 3. The number of hydrogen-bond acceptors (Lipinski definition) is 4. The predicted octanol–water partition coefficient (Wildman–Crippen LogP) is 2.76. The fourth-order valence-electron chi connectivity index (χ4n) is 2.61. The first-order valence-corrected chi connectivity index (χ1v) is 6.55. The molecule has 2 atom stereocenters. The lowest BCUT2D eigenvalue weighted by molar-refractivity contribution is -0.384. The van der Waals surface area contributed by atoms with Crippen LogP contribution in [-0.2, 0) is 4.74 Å². The van der Waals surface area contributed by atoms with Gasteiger partial charge in [-0.05, 0) is 30.9 Å². The van der Waals surface area contributed by atoms with Crippen LogP contribution in [0.5, 0.6) is 0 Å². The van der Waals surface area contributed by atoms with Gasteiger partial charge in [0, 0.05) is 26.3 Å². The van der Waals surface area contributed by atoms with Crippen molar-refractivity contribution >= 4 is 11.4 Å². The van der Waals surface area contributed by atoms with E-state index in [0.29, 0.717) is 18.2 Å². The Morgan fingerprint density at radius 3 is 2.84 bits per heavy atom. The second-order valence-corrected chi connectivity index (χ2v) is 5.24. The number of benzene rings is 1. The molecule has 0 bridgehead atoms. The Morgan fingerprint density at radius 2 is 2.21 bits per heavy atom. The minimum Gasteiger partial charge on any atom is -0.379 e. The van der Waals surface area contributed by atoms with Gasteiger partial charge in [0.2, 0.25) is 0 Å². The summed E-state index contributed by atoms with van der Waals surface area (Å²) in [7, 11) is 1.70. The highest BCUT2D eigenvalue weighted by atomic mass is 16.6. The highest BCUT2D eigenvalue weighted by Crippen LogP contribution is 2.32. The van der Waals surface area contributed by atoms with Gasteiger partial charge >= 0.3 is 0 Å². The van der Waals surface area contributed by atoms with E-state index in [9.17, 15) is 10.1 Å². The molecule has 1 aromatic rings. The molecular weight excluding hydrogens is 244 g/mol. The minimum absolute atomic E-state index is 0.134. The van der Waals surface area contributed by atoms with Gasteiger partial charge in [-0.15, -0.1) is 0 Å². The number of piperidine rings is 1. The lowest BCUT2D eigenvalue weighted by atomic mass is 9.95. The van der Waals surface area contributed by atoms with Crippen molar-refractivity contribution in [2.75, 3.05) is 25.1 Å². The van der Waals surface area contributed by atoms with Crippen LogP contribution >= 0.6 is 0 Å². The molecule has 1 heterocycles. The van der Waals surface area contributed by atoms with E-state index in [1.54, 1.807) is 13.2 Å². The van der Waals surface area contributed by atoms with Crippen LogP contribution in [0, 0.1) is 23.0 Å². The number of nitro groups is 1. The molecule has 104 valence electrons. The van der Waals surface area contributed by atoms with Gasteiger partial charge in [-0.25, -0.2) is 0 Å². The number of hydrogen-bond donors (Lipinski definition) is 0. The van der Waals surface area contributed by atoms with Crippen LogP contribution in [0.15, 0.2) is 18.2 Å². The van der Waals surface area contributed by atoms with Crippen molar-refractivity contribution < 1.29 is 9.66 Å². The van der Waals surface area contributed by atoms with Gasteiger partial charge in [0.05, 0.1) is 11.0 Å². The second-order valence-electron chi connectivity index (χ2n) is 5.24. The largest absolute Gasteiger partial charge is 0.379 e. The predicted molar refractivity (Wildman–Crippen MR) is 74.6 cm³/mol. The topological polar surface area (TPSA) is 55.6 Å². The Labute approximate surface area is 113 Å². The van der Waals surface area contributed by atoms with Crippen LogP contribution in [0.4, 0.5) is 11.4 Å². The van der Waals surface area contributed by atoms with E-state index in [-0.39, 0.29) is 16.7 Å². The normalized spacial score (nSPS) is 23.4. The van der Waals surface area contributed by atoms with Crippen molar-refractivity contribution in [2.45, 2.75) is 26.4 Å². The molecule has 2 unspecified atom stereocenters. The molecule has 1 saturated heterocycles. The van der Waals surface area contributed by atoms with Crippen molar-refractivity contribution in [3.8, 4) is 0 Å². The summed E-state index contributed by atoms with van der Waals surface area (Å²) < 4.78 is 5.47. The van der Waals surface area contributed by atoms with E-state index in [1.807, 2.05) is 19.1 Å². The highest BCUT2D eigenvalue weighted by molar-refractivity contribution is 5.64. The number of aryl methyl sites for hydroxylation is 1. The fraction of sp³-hybridized carbons (Fsp3) is 0.571. The third-order valence-corrected chi connectivity index (χ3v) is 3.86. The molecule has 5 nitrogen and oxygen atoms in total. The monoisotopic (exact) mass is 264 g/mol. The third-order valence-electron chi connectivity index (χ3n) is 3.86. The van der Waals surface area contributed by atoms with Crippen LogP contribution in [-0.4, -0.2) is 31.2 Å². The van der Waals surface area contributed by atoms with Crippen molar-refractivity contribution in [1.82, 2.24) is 0 Å². The Morgan fingerprint density at radius 1 is 1.47 bits per heavy atom. The molecule has 0 N–H and O–H groups in total. The van der Waals surface area contributed by atoms with Crippen molar-refractivity contribution in [1.29, 1.82) is 0 Å². The maximum absolute atomic E-state index is 11.2. The summed E-state index contributed by atoms with van der Waals surface area (Å²) in [5, 5.41) is 11.2. The molecule has 0 aromatic heterocycles. The zero-order chi connectivity index (χ0) is 14.0. The summed E-state index contributed by atoms with van der Waals surface area (Å²) in [6.45, 7) is 5.58. The Kier molecular flexibility index (Phi) is 4.04. The van der Waals surface area contributed by atoms with E-state index in [2.05, 4.69) is 11.8 Å². The highest BCUT2D eigenvalue weighted by Gasteiger charge is 2.29. The average Bonchev–Trinajstić information content (AvgIpc) is 2.39. The number of methoxy groups -OCH3 is 1. The summed E-state index contributed by atoms with van der Waals surface area (Å²) >= 11 is 0. The average molecular weight is 264 g/mol. The van der Waals surface area contributed by atoms with Gasteiger partial charge in [0.1, 0.15) is 5.69 Å². The summed E-state index contributed by atoms with van der Waals surface area (Å²) in [5.41, 5.74) is 1.79. The smallest absolute Gasteiger partial charge is 0.292 e. The first-order valence-electron chi connectivity index (χ1n) is 6.55. The van der Waals surface area contributed by atoms with Gasteiger partial charge in [0.25, 0.3) is 5.69 Å². The number of anilines is 1. The SMILES string of the molecule is COC1CN(c2ccc(C)cc2[N+](=O)[O-])CCC1C. The molecule has 5 heteroatoms. The molecule has 19 heavy (non-hydrogen) atoms. The first-order chi connectivity index (χ1) is 9.02. The van der Waals surface area contributed by atoms with Crippen molar-refractivity contribution in [3.63, 3.8) is 0 Å². The first kappa shape index (κ1) is 13.8. The molecule has 0 spiro atoms. The fourth-order valence-corrected chi connectivity index (χ4v) is 2.61. The number of nitro benzene ring substituents is 1. The zero-order valence-corrected chi connectivity index (χ0v) is 11.6. The van der Waals surface area contributed by atoms with Gasteiger partial charge in [0.15, 0.2) is 0 Å². The third kappa shape index (κ3) is 2.87. The number of ether oxygens (including phenoxy) is 1. The minimum atomic E-state index is -0.303. The lowest BCUT2D eigenvalue weighted by Crippen LogP contribution is -2.44.